The Morgan fingerprint density at radius 3 is 1.86 bits per heavy atom. The molecular weight excluding hydrogens is 371 g/mol. The number of hydrogen-bond acceptors (Lipinski definition) is 3. The Morgan fingerprint density at radius 2 is 1.39 bits per heavy atom. The smallest absolute Gasteiger partial charge is 0.445 e. The van der Waals surface area contributed by atoms with Gasteiger partial charge in [0, 0.05) is 11.0 Å². The van der Waals surface area contributed by atoms with E-state index in [1.807, 2.05) is 0 Å². The van der Waals surface area contributed by atoms with E-state index < -0.39 is 29.1 Å². The Bertz CT molecular complexity index is 814. The first-order chi connectivity index (χ1) is 13.0. The lowest BCUT2D eigenvalue weighted by Crippen LogP contribution is -2.53. The Balaban J connectivity index is 2.44. The van der Waals surface area contributed by atoms with Gasteiger partial charge >= 0.3 is 12.1 Å². The molecule has 0 bridgehead atoms. The molecule has 0 radical (unpaired) electrons. The molecule has 0 saturated carbocycles. The maximum atomic E-state index is 13.0. The molecule has 4 nitrogen and oxygen atoms in total. The Hall–Kier alpha value is -2.83. The summed E-state index contributed by atoms with van der Waals surface area (Å²) in [5, 5.41) is 2.62. The molecule has 0 aromatic heterocycles. The predicted octanol–water partition coefficient (Wildman–Crippen LogP) is 4.46. The van der Waals surface area contributed by atoms with E-state index in [0.29, 0.717) is 11.1 Å². The van der Waals surface area contributed by atoms with Gasteiger partial charge in [-0.2, -0.15) is 13.2 Å². The number of ether oxygens (including phenoxy) is 1. The third kappa shape index (κ3) is 4.71. The van der Waals surface area contributed by atoms with Crippen LogP contribution in [0.25, 0.3) is 0 Å². The van der Waals surface area contributed by atoms with Gasteiger partial charge in [-0.25, -0.2) is 4.79 Å². The molecular formula is C21H22F3NO3. The van der Waals surface area contributed by atoms with Crippen LogP contribution in [0.3, 0.4) is 0 Å². The normalized spacial score (nSPS) is 14.1. The van der Waals surface area contributed by atoms with Gasteiger partial charge in [-0.1, -0.05) is 69.3 Å². The number of nitrogens with one attached hydrogen (secondary N) is 1. The molecule has 0 fully saturated rings. The molecule has 1 atom stereocenters. The van der Waals surface area contributed by atoms with E-state index in [1.54, 1.807) is 81.4 Å². The zero-order valence-corrected chi connectivity index (χ0v) is 15.8. The van der Waals surface area contributed by atoms with E-state index in [9.17, 15) is 22.8 Å². The topological polar surface area (TPSA) is 55.4 Å². The number of benzene rings is 2. The van der Waals surface area contributed by atoms with Crippen LogP contribution in [0, 0.1) is 5.41 Å². The number of amides is 1. The summed E-state index contributed by atoms with van der Waals surface area (Å²) < 4.78 is 44.0. The van der Waals surface area contributed by atoms with Crippen LogP contribution in [0.4, 0.5) is 13.2 Å². The first kappa shape index (κ1) is 21.5. The van der Waals surface area contributed by atoms with Crippen molar-refractivity contribution in [2.75, 3.05) is 6.54 Å². The fourth-order valence-electron chi connectivity index (χ4n) is 2.87. The van der Waals surface area contributed by atoms with Gasteiger partial charge in [0.2, 0.25) is 0 Å². The van der Waals surface area contributed by atoms with Crippen LogP contribution < -0.4 is 5.32 Å². The van der Waals surface area contributed by atoms with Crippen molar-refractivity contribution in [3.8, 4) is 0 Å². The summed E-state index contributed by atoms with van der Waals surface area (Å²) in [4.78, 5) is 24.2. The number of carbonyl (C=O) groups excluding carboxylic acids is 2. The number of hydrogen-bond donors (Lipinski definition) is 1. The second kappa shape index (κ2) is 8.04. The summed E-state index contributed by atoms with van der Waals surface area (Å²) in [5.74, 6) is -2.78. The van der Waals surface area contributed by atoms with Gasteiger partial charge in [-0.15, -0.1) is 0 Å². The molecule has 2 aromatic carbocycles. The lowest BCUT2D eigenvalue weighted by molar-refractivity contribution is -0.225. The molecule has 0 spiro atoms. The lowest BCUT2D eigenvalue weighted by atomic mass is 9.71. The zero-order valence-electron chi connectivity index (χ0n) is 15.8. The average Bonchev–Trinajstić information content (AvgIpc) is 2.64. The molecule has 150 valence electrons. The molecule has 1 N–H and O–H groups in total. The fraction of sp³-hybridized carbons (Fsp3) is 0.333. The predicted molar refractivity (Wildman–Crippen MR) is 98.5 cm³/mol. The maximum absolute atomic E-state index is 13.0. The molecule has 2 rings (SSSR count). The molecule has 0 aliphatic rings. The quantitative estimate of drug-likeness (QED) is 0.763. The summed E-state index contributed by atoms with van der Waals surface area (Å²) in [6.07, 6.45) is -5.16. The minimum Gasteiger partial charge on any atom is -0.445 e. The molecule has 2 aromatic rings. The highest BCUT2D eigenvalue weighted by Gasteiger charge is 2.52. The summed E-state index contributed by atoms with van der Waals surface area (Å²) in [7, 11) is 0. The minimum absolute atomic E-state index is 0.323. The number of esters is 1. The van der Waals surface area contributed by atoms with E-state index >= 15 is 0 Å². The van der Waals surface area contributed by atoms with Crippen LogP contribution in [-0.2, 0) is 15.1 Å². The molecule has 7 heteroatoms. The van der Waals surface area contributed by atoms with E-state index in [2.05, 4.69) is 5.32 Å². The first-order valence-corrected chi connectivity index (χ1v) is 8.66. The average molecular weight is 393 g/mol. The third-order valence-electron chi connectivity index (χ3n) is 4.48. The lowest BCUT2D eigenvalue weighted by Gasteiger charge is -2.44. The van der Waals surface area contributed by atoms with E-state index in [-0.39, 0.29) is 6.54 Å². The van der Waals surface area contributed by atoms with Gasteiger partial charge < -0.3 is 10.1 Å². The third-order valence-corrected chi connectivity index (χ3v) is 4.48. The molecule has 0 aliphatic carbocycles. The van der Waals surface area contributed by atoms with Crippen LogP contribution in [0.1, 0.15) is 36.7 Å². The second-order valence-electron chi connectivity index (χ2n) is 7.38. The van der Waals surface area contributed by atoms with Crippen molar-refractivity contribution in [1.29, 1.82) is 0 Å². The van der Waals surface area contributed by atoms with E-state index in [4.69, 9.17) is 4.74 Å². The molecule has 0 aliphatic heterocycles. The molecule has 28 heavy (non-hydrogen) atoms. The monoisotopic (exact) mass is 393 g/mol. The van der Waals surface area contributed by atoms with Gasteiger partial charge in [0.15, 0.2) is 5.60 Å². The molecule has 0 heterocycles. The van der Waals surface area contributed by atoms with Crippen molar-refractivity contribution < 1.29 is 27.5 Å². The first-order valence-electron chi connectivity index (χ1n) is 8.66. The summed E-state index contributed by atoms with van der Waals surface area (Å²) in [6, 6.07) is 16.4. The second-order valence-corrected chi connectivity index (χ2v) is 7.38. The molecule has 0 saturated heterocycles. The number of carbonyl (C=O) groups is 2. The van der Waals surface area contributed by atoms with E-state index in [0.717, 1.165) is 0 Å². The van der Waals surface area contributed by atoms with Gasteiger partial charge in [-0.3, -0.25) is 4.79 Å². The standard InChI is InChI=1S/C21H22F3NO3/c1-19(2,3)20(16-12-8-5-9-13-16,28-18(27)21(22,23)24)14-25-17(26)15-10-6-4-7-11-15/h4-13H,14H2,1-3H3,(H,25,26). The Labute approximate surface area is 161 Å². The Kier molecular flexibility index (Phi) is 6.17. The van der Waals surface area contributed by atoms with Crippen molar-refractivity contribution in [2.24, 2.45) is 5.41 Å². The summed E-state index contributed by atoms with van der Waals surface area (Å²) in [5.41, 5.74) is -1.99. The highest BCUT2D eigenvalue weighted by Crippen LogP contribution is 2.43. The van der Waals surface area contributed by atoms with Crippen LogP contribution >= 0.6 is 0 Å². The van der Waals surface area contributed by atoms with Crippen LogP contribution in [0.2, 0.25) is 0 Å². The van der Waals surface area contributed by atoms with Crippen LogP contribution in [-0.4, -0.2) is 24.6 Å². The van der Waals surface area contributed by atoms with Crippen molar-refractivity contribution in [3.63, 3.8) is 0 Å². The van der Waals surface area contributed by atoms with Gasteiger partial charge in [-0.05, 0) is 17.7 Å². The molecule has 1 unspecified atom stereocenters. The van der Waals surface area contributed by atoms with Crippen molar-refractivity contribution in [1.82, 2.24) is 5.32 Å². The largest absolute Gasteiger partial charge is 0.490 e. The summed E-state index contributed by atoms with van der Waals surface area (Å²) in [6.45, 7) is 4.63. The fourth-order valence-corrected chi connectivity index (χ4v) is 2.87. The van der Waals surface area contributed by atoms with Crippen molar-refractivity contribution in [2.45, 2.75) is 32.5 Å². The summed E-state index contributed by atoms with van der Waals surface area (Å²) >= 11 is 0. The van der Waals surface area contributed by atoms with Gasteiger partial charge in [0.25, 0.3) is 5.91 Å². The van der Waals surface area contributed by atoms with Gasteiger partial charge in [0.05, 0.1) is 6.54 Å². The zero-order chi connectivity index (χ0) is 21.0. The maximum Gasteiger partial charge on any atom is 0.490 e. The number of halogens is 3. The van der Waals surface area contributed by atoms with Crippen LogP contribution in [0.15, 0.2) is 60.7 Å². The Morgan fingerprint density at radius 1 is 0.893 bits per heavy atom. The van der Waals surface area contributed by atoms with E-state index in [1.165, 1.54) is 0 Å². The SMILES string of the molecule is CC(C)(C)C(CNC(=O)c1ccccc1)(OC(=O)C(F)(F)F)c1ccccc1. The van der Waals surface area contributed by atoms with Crippen molar-refractivity contribution in [3.05, 3.63) is 71.8 Å². The highest BCUT2D eigenvalue weighted by atomic mass is 19.4. The highest BCUT2D eigenvalue weighted by molar-refractivity contribution is 5.94. The van der Waals surface area contributed by atoms with Gasteiger partial charge in [0.1, 0.15) is 0 Å². The van der Waals surface area contributed by atoms with Crippen molar-refractivity contribution >= 4 is 11.9 Å². The number of alkyl halides is 3. The minimum atomic E-state index is -5.16. The molecule has 1 amide bonds. The van der Waals surface area contributed by atoms with Crippen LogP contribution in [0.5, 0.6) is 0 Å². The number of rotatable bonds is 5.